The van der Waals surface area contributed by atoms with Crippen LogP contribution in [0.1, 0.15) is 35.2 Å². The van der Waals surface area contributed by atoms with E-state index in [1.165, 1.54) is 0 Å². The number of hydrogen-bond donors (Lipinski definition) is 1. The Hall–Kier alpha value is -0.940. The number of rotatable bonds is 7. The summed E-state index contributed by atoms with van der Waals surface area (Å²) in [6.07, 6.45) is 3.21. The standard InChI is InChI=1S/C13H21NO3S/c1-9(5-6-18-4)14(3)8-11-7-12(13(15)16)10(2)17-11/h7,9H,5-6,8H2,1-4H3,(H,15,16). The molecule has 0 amide bonds. The van der Waals surface area contributed by atoms with Crippen molar-refractivity contribution in [3.8, 4) is 0 Å². The molecule has 0 fully saturated rings. The Bertz CT molecular complexity index is 403. The third-order valence-electron chi connectivity index (χ3n) is 3.10. The van der Waals surface area contributed by atoms with Crippen LogP contribution in [0, 0.1) is 6.92 Å². The van der Waals surface area contributed by atoms with Crippen molar-refractivity contribution in [2.45, 2.75) is 32.9 Å². The zero-order chi connectivity index (χ0) is 13.7. The van der Waals surface area contributed by atoms with Gasteiger partial charge >= 0.3 is 5.97 Å². The van der Waals surface area contributed by atoms with Crippen molar-refractivity contribution in [1.82, 2.24) is 4.90 Å². The van der Waals surface area contributed by atoms with Gasteiger partial charge in [-0.3, -0.25) is 4.90 Å². The Morgan fingerprint density at radius 1 is 1.61 bits per heavy atom. The molecule has 4 nitrogen and oxygen atoms in total. The van der Waals surface area contributed by atoms with Crippen molar-refractivity contribution in [3.05, 3.63) is 23.2 Å². The second kappa shape index (κ2) is 6.85. The quantitative estimate of drug-likeness (QED) is 0.826. The lowest BCUT2D eigenvalue weighted by Gasteiger charge is -2.23. The minimum absolute atomic E-state index is 0.259. The number of carboxylic acid groups (broad SMARTS) is 1. The van der Waals surface area contributed by atoms with Crippen LogP contribution >= 0.6 is 11.8 Å². The van der Waals surface area contributed by atoms with Crippen LogP contribution in [0.25, 0.3) is 0 Å². The normalized spacial score (nSPS) is 12.9. The Labute approximate surface area is 112 Å². The number of carbonyl (C=O) groups is 1. The number of nitrogens with zero attached hydrogens (tertiary/aromatic N) is 1. The van der Waals surface area contributed by atoms with Crippen molar-refractivity contribution in [3.63, 3.8) is 0 Å². The maximum Gasteiger partial charge on any atom is 0.339 e. The molecule has 5 heteroatoms. The van der Waals surface area contributed by atoms with Gasteiger partial charge < -0.3 is 9.52 Å². The molecule has 0 aliphatic rings. The molecule has 0 aromatic carbocycles. The number of thioether (sulfide) groups is 1. The third-order valence-corrected chi connectivity index (χ3v) is 3.74. The van der Waals surface area contributed by atoms with Gasteiger partial charge in [0.2, 0.25) is 0 Å². The van der Waals surface area contributed by atoms with E-state index in [1.807, 2.05) is 18.8 Å². The maximum absolute atomic E-state index is 10.9. The summed E-state index contributed by atoms with van der Waals surface area (Å²) in [4.78, 5) is 13.1. The van der Waals surface area contributed by atoms with Gasteiger partial charge in [0.1, 0.15) is 17.1 Å². The van der Waals surface area contributed by atoms with Gasteiger partial charge in [-0.25, -0.2) is 4.79 Å². The van der Waals surface area contributed by atoms with Crippen molar-refractivity contribution in [2.75, 3.05) is 19.1 Å². The molecule has 0 radical (unpaired) electrons. The molecule has 1 unspecified atom stereocenters. The summed E-state index contributed by atoms with van der Waals surface area (Å²) in [6.45, 7) is 4.50. The lowest BCUT2D eigenvalue weighted by Crippen LogP contribution is -2.28. The van der Waals surface area contributed by atoms with Crippen LogP contribution in [0.5, 0.6) is 0 Å². The average Bonchev–Trinajstić information content (AvgIpc) is 2.67. The van der Waals surface area contributed by atoms with Gasteiger partial charge in [-0.15, -0.1) is 0 Å². The van der Waals surface area contributed by atoms with E-state index in [0.29, 0.717) is 24.1 Å². The van der Waals surface area contributed by atoms with E-state index in [1.54, 1.807) is 13.0 Å². The van der Waals surface area contributed by atoms with Gasteiger partial charge in [0.25, 0.3) is 0 Å². The molecule has 1 heterocycles. The van der Waals surface area contributed by atoms with Gasteiger partial charge in [-0.05, 0) is 45.4 Å². The van der Waals surface area contributed by atoms with E-state index in [0.717, 1.165) is 12.2 Å². The van der Waals surface area contributed by atoms with E-state index >= 15 is 0 Å². The SMILES string of the molecule is CSCCC(C)N(C)Cc1cc(C(=O)O)c(C)o1. The molecule has 0 aliphatic carbocycles. The molecule has 102 valence electrons. The molecule has 1 atom stereocenters. The summed E-state index contributed by atoms with van der Waals surface area (Å²) in [6, 6.07) is 2.08. The lowest BCUT2D eigenvalue weighted by molar-refractivity contribution is 0.0695. The highest BCUT2D eigenvalue weighted by Crippen LogP contribution is 2.17. The van der Waals surface area contributed by atoms with Crippen LogP contribution in [-0.4, -0.2) is 41.1 Å². The Balaban J connectivity index is 2.61. The van der Waals surface area contributed by atoms with Crippen LogP contribution in [0.4, 0.5) is 0 Å². The predicted molar refractivity (Wildman–Crippen MR) is 74.3 cm³/mol. The largest absolute Gasteiger partial charge is 0.478 e. The first-order chi connectivity index (χ1) is 8.45. The van der Waals surface area contributed by atoms with Crippen LogP contribution in [-0.2, 0) is 6.54 Å². The summed E-state index contributed by atoms with van der Waals surface area (Å²) in [5.41, 5.74) is 0.259. The molecule has 0 spiro atoms. The first-order valence-corrected chi connectivity index (χ1v) is 7.36. The fourth-order valence-corrected chi connectivity index (χ4v) is 2.32. The Kier molecular flexibility index (Phi) is 5.75. The number of aryl methyl sites for hydroxylation is 1. The summed E-state index contributed by atoms with van der Waals surface area (Å²) < 4.78 is 5.47. The van der Waals surface area contributed by atoms with Crippen LogP contribution in [0.15, 0.2) is 10.5 Å². The smallest absolute Gasteiger partial charge is 0.339 e. The van der Waals surface area contributed by atoms with E-state index in [2.05, 4.69) is 18.1 Å². The highest BCUT2D eigenvalue weighted by atomic mass is 32.2. The third kappa shape index (κ3) is 4.07. The van der Waals surface area contributed by atoms with E-state index < -0.39 is 5.97 Å². The average molecular weight is 271 g/mol. The number of carboxylic acids is 1. The van der Waals surface area contributed by atoms with Gasteiger partial charge in [0.05, 0.1) is 6.54 Å². The first kappa shape index (κ1) is 15.1. The summed E-state index contributed by atoms with van der Waals surface area (Å²) in [7, 11) is 2.03. The number of aromatic carboxylic acids is 1. The summed E-state index contributed by atoms with van der Waals surface area (Å²) in [5.74, 6) is 1.38. The highest BCUT2D eigenvalue weighted by molar-refractivity contribution is 7.98. The predicted octanol–water partition coefficient (Wildman–Crippen LogP) is 2.86. The lowest BCUT2D eigenvalue weighted by atomic mass is 10.2. The highest BCUT2D eigenvalue weighted by Gasteiger charge is 2.16. The monoisotopic (exact) mass is 271 g/mol. The van der Waals surface area contributed by atoms with Crippen molar-refractivity contribution in [1.29, 1.82) is 0 Å². The second-order valence-corrected chi connectivity index (χ2v) is 5.52. The zero-order valence-electron chi connectivity index (χ0n) is 11.4. The molecule has 1 rings (SSSR count). The van der Waals surface area contributed by atoms with Gasteiger partial charge in [0, 0.05) is 6.04 Å². The topological polar surface area (TPSA) is 53.7 Å². The molecule has 0 saturated carbocycles. The van der Waals surface area contributed by atoms with E-state index in [-0.39, 0.29) is 5.56 Å². The summed E-state index contributed by atoms with van der Waals surface area (Å²) >= 11 is 1.84. The number of hydrogen-bond acceptors (Lipinski definition) is 4. The van der Waals surface area contributed by atoms with Gasteiger partial charge in [-0.2, -0.15) is 11.8 Å². The maximum atomic E-state index is 10.9. The Morgan fingerprint density at radius 3 is 2.78 bits per heavy atom. The molecule has 0 saturated heterocycles. The van der Waals surface area contributed by atoms with Crippen molar-refractivity contribution < 1.29 is 14.3 Å². The molecule has 1 aromatic rings. The molecule has 18 heavy (non-hydrogen) atoms. The minimum Gasteiger partial charge on any atom is -0.478 e. The Morgan fingerprint density at radius 2 is 2.28 bits per heavy atom. The van der Waals surface area contributed by atoms with Crippen molar-refractivity contribution in [2.24, 2.45) is 0 Å². The zero-order valence-corrected chi connectivity index (χ0v) is 12.2. The molecule has 1 aromatic heterocycles. The second-order valence-electron chi connectivity index (χ2n) is 4.53. The minimum atomic E-state index is -0.930. The van der Waals surface area contributed by atoms with E-state index in [4.69, 9.17) is 9.52 Å². The van der Waals surface area contributed by atoms with E-state index in [9.17, 15) is 4.79 Å². The molecule has 0 aliphatic heterocycles. The van der Waals surface area contributed by atoms with Gasteiger partial charge in [0.15, 0.2) is 0 Å². The van der Waals surface area contributed by atoms with Crippen LogP contribution < -0.4 is 0 Å². The molecule has 1 N–H and O–H groups in total. The molecule has 0 bridgehead atoms. The van der Waals surface area contributed by atoms with Gasteiger partial charge in [-0.1, -0.05) is 0 Å². The number of furan rings is 1. The van der Waals surface area contributed by atoms with Crippen LogP contribution in [0.3, 0.4) is 0 Å². The fraction of sp³-hybridized carbons (Fsp3) is 0.615. The van der Waals surface area contributed by atoms with Crippen LogP contribution in [0.2, 0.25) is 0 Å². The fourth-order valence-electron chi connectivity index (χ4n) is 1.74. The summed E-state index contributed by atoms with van der Waals surface area (Å²) in [5, 5.41) is 8.96. The molecular formula is C13H21NO3S. The first-order valence-electron chi connectivity index (χ1n) is 5.97. The van der Waals surface area contributed by atoms with Crippen molar-refractivity contribution >= 4 is 17.7 Å². The molecular weight excluding hydrogens is 250 g/mol.